The monoisotopic (exact) mass is 461 g/mol. The molecule has 3 aromatic rings. The second kappa shape index (κ2) is 10.5. The summed E-state index contributed by atoms with van der Waals surface area (Å²) in [5.74, 6) is 1.53. The number of carbonyl (C=O) groups excluding carboxylic acids is 1. The molecule has 1 aliphatic carbocycles. The van der Waals surface area contributed by atoms with Gasteiger partial charge in [-0.25, -0.2) is 14.8 Å². The van der Waals surface area contributed by atoms with Crippen LogP contribution >= 0.6 is 0 Å². The molecule has 8 nitrogen and oxygen atoms in total. The van der Waals surface area contributed by atoms with Crippen LogP contribution < -0.4 is 15.5 Å². The van der Waals surface area contributed by atoms with Crippen molar-refractivity contribution in [3.8, 4) is 11.3 Å². The molecule has 0 saturated heterocycles. The zero-order chi connectivity index (χ0) is 24.1. The molecule has 1 aromatic carbocycles. The van der Waals surface area contributed by atoms with E-state index in [0.717, 1.165) is 48.0 Å². The minimum atomic E-state index is -0.970. The van der Waals surface area contributed by atoms with E-state index in [-0.39, 0.29) is 5.91 Å². The van der Waals surface area contributed by atoms with E-state index >= 15 is 0 Å². The number of para-hydroxylation sites is 1. The van der Waals surface area contributed by atoms with E-state index < -0.39 is 6.09 Å². The summed E-state index contributed by atoms with van der Waals surface area (Å²) in [6.45, 7) is 1.12. The van der Waals surface area contributed by atoms with Crippen LogP contribution in [0.15, 0.2) is 48.7 Å². The number of benzene rings is 1. The van der Waals surface area contributed by atoms with Crippen LogP contribution in [0.1, 0.15) is 36.0 Å². The van der Waals surface area contributed by atoms with Crippen molar-refractivity contribution in [2.75, 3.05) is 32.1 Å². The lowest BCUT2D eigenvalue weighted by Gasteiger charge is -2.28. The smallest absolute Gasteiger partial charge is 0.404 e. The number of carboxylic acid groups (broad SMARTS) is 1. The van der Waals surface area contributed by atoms with Gasteiger partial charge in [-0.05, 0) is 61.8 Å². The van der Waals surface area contributed by atoms with Crippen LogP contribution in [0.2, 0.25) is 0 Å². The van der Waals surface area contributed by atoms with Gasteiger partial charge in [0.15, 0.2) is 0 Å². The highest BCUT2D eigenvalue weighted by Gasteiger charge is 2.22. The Labute approximate surface area is 199 Å². The Morgan fingerprint density at radius 1 is 1.00 bits per heavy atom. The summed E-state index contributed by atoms with van der Waals surface area (Å²) in [5.41, 5.74) is 2.96. The van der Waals surface area contributed by atoms with Gasteiger partial charge in [0, 0.05) is 44.3 Å². The molecule has 1 aliphatic rings. The molecule has 0 spiro atoms. The van der Waals surface area contributed by atoms with Gasteiger partial charge in [0.05, 0.1) is 16.8 Å². The number of anilines is 1. The zero-order valence-electron chi connectivity index (χ0n) is 19.6. The van der Waals surface area contributed by atoms with Crippen LogP contribution in [-0.2, 0) is 0 Å². The number of nitrogens with one attached hydrogen (secondary N) is 2. The fourth-order valence-electron chi connectivity index (χ4n) is 4.52. The second-order valence-electron chi connectivity index (χ2n) is 9.15. The maximum Gasteiger partial charge on any atom is 0.404 e. The number of amides is 2. The van der Waals surface area contributed by atoms with Crippen molar-refractivity contribution in [3.63, 3.8) is 0 Å². The SMILES string of the molecule is CN(C)c1ccc(-c2cc(C(=O)NCC3CCC(CNC(=O)O)CC3)c3ccccc3n2)cn1. The summed E-state index contributed by atoms with van der Waals surface area (Å²) in [5, 5.41) is 15.2. The fraction of sp³-hybridized carbons (Fsp3) is 0.385. The summed E-state index contributed by atoms with van der Waals surface area (Å²) in [6, 6.07) is 13.4. The van der Waals surface area contributed by atoms with Crippen molar-refractivity contribution in [3.05, 3.63) is 54.2 Å². The third kappa shape index (κ3) is 5.62. The standard InChI is InChI=1S/C26H31N5O3/c1-31(2)24-12-11-19(16-27-24)23-13-21(20-5-3-4-6-22(20)30-23)25(32)28-14-17-7-9-18(10-8-17)15-29-26(33)34/h3-6,11-13,16-18,29H,7-10,14-15H2,1-2H3,(H,28,32)(H,33,34). The Kier molecular flexibility index (Phi) is 7.25. The summed E-state index contributed by atoms with van der Waals surface area (Å²) in [6.07, 6.45) is 4.73. The average molecular weight is 462 g/mol. The molecule has 0 aliphatic heterocycles. The molecule has 1 fully saturated rings. The molecular formula is C26H31N5O3. The number of pyridine rings is 2. The van der Waals surface area contributed by atoms with Crippen LogP contribution in [0.5, 0.6) is 0 Å². The van der Waals surface area contributed by atoms with Crippen molar-refractivity contribution in [2.24, 2.45) is 11.8 Å². The van der Waals surface area contributed by atoms with Crippen LogP contribution in [-0.4, -0.2) is 54.3 Å². The van der Waals surface area contributed by atoms with Gasteiger partial charge < -0.3 is 20.6 Å². The molecule has 2 aromatic heterocycles. The number of nitrogens with zero attached hydrogens (tertiary/aromatic N) is 3. The average Bonchev–Trinajstić information content (AvgIpc) is 2.86. The van der Waals surface area contributed by atoms with Crippen LogP contribution in [0.3, 0.4) is 0 Å². The first kappa shape index (κ1) is 23.5. The summed E-state index contributed by atoms with van der Waals surface area (Å²) < 4.78 is 0. The lowest BCUT2D eigenvalue weighted by Crippen LogP contribution is -2.34. The summed E-state index contributed by atoms with van der Waals surface area (Å²) >= 11 is 0. The normalized spacial score (nSPS) is 17.8. The Morgan fingerprint density at radius 3 is 2.29 bits per heavy atom. The molecule has 8 heteroatoms. The van der Waals surface area contributed by atoms with Gasteiger partial charge in [-0.15, -0.1) is 0 Å². The molecule has 3 N–H and O–H groups in total. The molecule has 0 bridgehead atoms. The molecule has 2 amide bonds. The van der Waals surface area contributed by atoms with E-state index in [4.69, 9.17) is 10.1 Å². The fourth-order valence-corrected chi connectivity index (χ4v) is 4.52. The number of hydrogen-bond donors (Lipinski definition) is 3. The number of aromatic nitrogens is 2. The van der Waals surface area contributed by atoms with Crippen molar-refractivity contribution in [1.29, 1.82) is 0 Å². The number of hydrogen-bond acceptors (Lipinski definition) is 5. The zero-order valence-corrected chi connectivity index (χ0v) is 19.6. The van der Waals surface area contributed by atoms with Gasteiger partial charge in [-0.2, -0.15) is 0 Å². The van der Waals surface area contributed by atoms with Crippen molar-refractivity contribution in [1.82, 2.24) is 20.6 Å². The van der Waals surface area contributed by atoms with Crippen molar-refractivity contribution >= 4 is 28.7 Å². The largest absolute Gasteiger partial charge is 0.465 e. The van der Waals surface area contributed by atoms with E-state index in [1.165, 1.54) is 0 Å². The second-order valence-corrected chi connectivity index (χ2v) is 9.15. The van der Waals surface area contributed by atoms with Gasteiger partial charge in [0.25, 0.3) is 5.91 Å². The Balaban J connectivity index is 1.46. The van der Waals surface area contributed by atoms with E-state index in [2.05, 4.69) is 15.6 Å². The number of fused-ring (bicyclic) bond motifs is 1. The maximum absolute atomic E-state index is 13.2. The minimum absolute atomic E-state index is 0.104. The van der Waals surface area contributed by atoms with E-state index in [0.29, 0.717) is 36.2 Å². The molecule has 4 rings (SSSR count). The molecule has 0 unspecified atom stereocenters. The third-order valence-electron chi connectivity index (χ3n) is 6.52. The molecule has 0 radical (unpaired) electrons. The topological polar surface area (TPSA) is 107 Å². The molecule has 34 heavy (non-hydrogen) atoms. The predicted octanol–water partition coefficient (Wildman–Crippen LogP) is 4.17. The molecule has 2 heterocycles. The highest BCUT2D eigenvalue weighted by atomic mass is 16.4. The van der Waals surface area contributed by atoms with Crippen LogP contribution in [0.25, 0.3) is 22.2 Å². The van der Waals surface area contributed by atoms with Crippen molar-refractivity contribution in [2.45, 2.75) is 25.7 Å². The quantitative estimate of drug-likeness (QED) is 0.488. The first-order chi connectivity index (χ1) is 16.4. The van der Waals surface area contributed by atoms with E-state index in [1.54, 1.807) is 6.20 Å². The number of carbonyl (C=O) groups is 2. The first-order valence-corrected chi connectivity index (χ1v) is 11.7. The van der Waals surface area contributed by atoms with E-state index in [1.807, 2.05) is 61.5 Å². The van der Waals surface area contributed by atoms with Gasteiger partial charge in [0.1, 0.15) is 5.82 Å². The van der Waals surface area contributed by atoms with E-state index in [9.17, 15) is 9.59 Å². The highest BCUT2D eigenvalue weighted by Crippen LogP contribution is 2.29. The maximum atomic E-state index is 13.2. The molecular weight excluding hydrogens is 430 g/mol. The minimum Gasteiger partial charge on any atom is -0.465 e. The molecule has 0 atom stereocenters. The summed E-state index contributed by atoms with van der Waals surface area (Å²) in [4.78, 5) is 35.1. The van der Waals surface area contributed by atoms with Crippen LogP contribution in [0, 0.1) is 11.8 Å². The third-order valence-corrected chi connectivity index (χ3v) is 6.52. The van der Waals surface area contributed by atoms with Crippen LogP contribution in [0.4, 0.5) is 10.6 Å². The predicted molar refractivity (Wildman–Crippen MR) is 133 cm³/mol. The Morgan fingerprint density at radius 2 is 1.68 bits per heavy atom. The van der Waals surface area contributed by atoms with Gasteiger partial charge in [-0.3, -0.25) is 4.79 Å². The van der Waals surface area contributed by atoms with Gasteiger partial charge in [-0.1, -0.05) is 18.2 Å². The molecule has 178 valence electrons. The van der Waals surface area contributed by atoms with Gasteiger partial charge in [0.2, 0.25) is 0 Å². The molecule has 1 saturated carbocycles. The number of rotatable bonds is 7. The first-order valence-electron chi connectivity index (χ1n) is 11.7. The van der Waals surface area contributed by atoms with Crippen molar-refractivity contribution < 1.29 is 14.7 Å². The lowest BCUT2D eigenvalue weighted by atomic mass is 9.82. The lowest BCUT2D eigenvalue weighted by molar-refractivity contribution is 0.0942. The summed E-state index contributed by atoms with van der Waals surface area (Å²) in [7, 11) is 3.89. The Hall–Kier alpha value is -3.68. The Bertz CT molecular complexity index is 1150. The highest BCUT2D eigenvalue weighted by molar-refractivity contribution is 6.07. The van der Waals surface area contributed by atoms with Gasteiger partial charge >= 0.3 is 6.09 Å².